The van der Waals surface area contributed by atoms with Gasteiger partial charge in [-0.25, -0.2) is 21.5 Å². The summed E-state index contributed by atoms with van der Waals surface area (Å²) in [4.78, 5) is 12.3. The smallest absolute Gasteiger partial charge is 0.223 e. The monoisotopic (exact) mass is 390 g/mol. The first-order chi connectivity index (χ1) is 12.1. The normalized spacial score (nSPS) is 19.1. The summed E-state index contributed by atoms with van der Waals surface area (Å²) in [7, 11) is -3.26. The predicted octanol–water partition coefficient (Wildman–Crippen LogP) is 1.35. The van der Waals surface area contributed by atoms with E-state index in [-0.39, 0.29) is 42.8 Å². The zero-order valence-corrected chi connectivity index (χ0v) is 15.7. The molecule has 0 aromatic heterocycles. The first-order valence-electron chi connectivity index (χ1n) is 8.50. The van der Waals surface area contributed by atoms with Crippen molar-refractivity contribution in [2.24, 2.45) is 5.92 Å². The molecule has 2 rings (SSSR count). The van der Waals surface area contributed by atoms with Gasteiger partial charge in [-0.15, -0.1) is 0 Å². The minimum absolute atomic E-state index is 0.0238. The molecule has 1 unspecified atom stereocenters. The van der Waals surface area contributed by atoms with Crippen molar-refractivity contribution in [1.82, 2.24) is 9.62 Å². The van der Waals surface area contributed by atoms with Gasteiger partial charge in [-0.1, -0.05) is 6.07 Å². The number of hydrogen-bond acceptors (Lipinski definition) is 4. The fraction of sp³-hybridized carbons (Fsp3) is 0.588. The third kappa shape index (κ3) is 4.77. The van der Waals surface area contributed by atoms with Crippen molar-refractivity contribution < 1.29 is 27.1 Å². The van der Waals surface area contributed by atoms with Crippen LogP contribution in [0, 0.1) is 17.6 Å². The summed E-state index contributed by atoms with van der Waals surface area (Å²) in [5, 5.41) is 13.0. The van der Waals surface area contributed by atoms with Crippen molar-refractivity contribution in [1.29, 1.82) is 0 Å². The largest absolute Gasteiger partial charge is 0.383 e. The Kier molecular flexibility index (Phi) is 6.36. The maximum absolute atomic E-state index is 13.8. The molecule has 1 amide bonds. The molecule has 1 heterocycles. The van der Waals surface area contributed by atoms with Gasteiger partial charge in [-0.2, -0.15) is 0 Å². The highest BCUT2D eigenvalue weighted by atomic mass is 32.2. The fourth-order valence-corrected chi connectivity index (χ4v) is 4.14. The lowest BCUT2D eigenvalue weighted by atomic mass is 9.93. The highest BCUT2D eigenvalue weighted by molar-refractivity contribution is 7.89. The molecule has 0 radical (unpaired) electrons. The predicted molar refractivity (Wildman–Crippen MR) is 92.7 cm³/mol. The molecule has 26 heavy (non-hydrogen) atoms. The molecule has 6 nitrogen and oxygen atoms in total. The van der Waals surface area contributed by atoms with Crippen LogP contribution in [0.4, 0.5) is 8.78 Å². The van der Waals surface area contributed by atoms with Gasteiger partial charge in [0.2, 0.25) is 15.9 Å². The number of benzene rings is 1. The van der Waals surface area contributed by atoms with E-state index in [1.807, 2.05) is 0 Å². The van der Waals surface area contributed by atoms with Crippen LogP contribution in [0.3, 0.4) is 0 Å². The molecular weight excluding hydrogens is 366 g/mol. The molecule has 0 spiro atoms. The molecule has 1 aliphatic heterocycles. The van der Waals surface area contributed by atoms with Crippen LogP contribution in [-0.2, 0) is 20.4 Å². The molecule has 1 fully saturated rings. The second-order valence-corrected chi connectivity index (χ2v) is 8.95. The molecule has 9 heteroatoms. The number of aliphatic hydroxyl groups is 1. The summed E-state index contributed by atoms with van der Waals surface area (Å²) in [6, 6.07) is 2.86. The van der Waals surface area contributed by atoms with Crippen molar-refractivity contribution in [3.05, 3.63) is 35.4 Å². The minimum Gasteiger partial charge on any atom is -0.383 e. The van der Waals surface area contributed by atoms with Crippen LogP contribution in [0.1, 0.15) is 32.3 Å². The summed E-state index contributed by atoms with van der Waals surface area (Å²) >= 11 is 0. The van der Waals surface area contributed by atoms with Crippen molar-refractivity contribution in [3.8, 4) is 0 Å². The third-order valence-electron chi connectivity index (χ3n) is 4.70. The Bertz CT molecular complexity index is 760. The van der Waals surface area contributed by atoms with Crippen LogP contribution in [0.5, 0.6) is 0 Å². The van der Waals surface area contributed by atoms with Gasteiger partial charge in [0.05, 0.1) is 12.3 Å². The summed E-state index contributed by atoms with van der Waals surface area (Å²) in [5.74, 6) is -2.30. The quantitative estimate of drug-likeness (QED) is 0.768. The number of halogens is 2. The highest BCUT2D eigenvalue weighted by Gasteiger charge is 2.32. The molecular formula is C17H24F2N2O4S. The molecule has 0 saturated carbocycles. The van der Waals surface area contributed by atoms with Gasteiger partial charge in [0.1, 0.15) is 17.2 Å². The molecule has 1 aliphatic rings. The van der Waals surface area contributed by atoms with E-state index < -0.39 is 27.3 Å². The number of nitrogens with zero attached hydrogens (tertiary/aromatic N) is 1. The summed E-state index contributed by atoms with van der Waals surface area (Å²) in [6.07, 6.45) is 0.774. The van der Waals surface area contributed by atoms with E-state index in [0.29, 0.717) is 18.9 Å². The number of hydrogen-bond donors (Lipinski definition) is 2. The lowest BCUT2D eigenvalue weighted by Crippen LogP contribution is -2.46. The Hall–Kier alpha value is -1.58. The summed E-state index contributed by atoms with van der Waals surface area (Å²) < 4.78 is 51.9. The first kappa shape index (κ1) is 20.7. The zero-order valence-electron chi connectivity index (χ0n) is 14.8. The number of nitrogens with one attached hydrogen (secondary N) is 1. The van der Waals surface area contributed by atoms with Gasteiger partial charge in [0, 0.05) is 30.6 Å². The van der Waals surface area contributed by atoms with Crippen molar-refractivity contribution in [2.45, 2.75) is 32.3 Å². The second-order valence-electron chi connectivity index (χ2n) is 6.69. The van der Waals surface area contributed by atoms with Crippen LogP contribution in [-0.4, -0.2) is 49.1 Å². The number of amides is 1. The molecule has 1 aromatic carbocycles. The average molecular weight is 390 g/mol. The van der Waals surface area contributed by atoms with E-state index in [4.69, 9.17) is 0 Å². The van der Waals surface area contributed by atoms with Crippen LogP contribution < -0.4 is 5.32 Å². The van der Waals surface area contributed by atoms with E-state index in [1.54, 1.807) is 6.92 Å². The molecule has 0 bridgehead atoms. The Morgan fingerprint density at radius 2 is 1.96 bits per heavy atom. The van der Waals surface area contributed by atoms with Gasteiger partial charge in [0.25, 0.3) is 0 Å². The minimum atomic E-state index is -3.26. The standard InChI is InChI=1S/C17H24F2N2O4S/c1-3-26(24,25)21-8-6-12(7-9-21)16(22)20-11-17(2,23)14-5-4-13(18)10-15(14)19/h4-5,10,12,23H,3,6-9,11H2,1-2H3,(H,20,22). The van der Waals surface area contributed by atoms with Crippen LogP contribution >= 0.6 is 0 Å². The zero-order chi connectivity index (χ0) is 19.5. The Morgan fingerprint density at radius 1 is 1.35 bits per heavy atom. The van der Waals surface area contributed by atoms with Crippen molar-refractivity contribution >= 4 is 15.9 Å². The second kappa shape index (κ2) is 7.98. The maximum Gasteiger partial charge on any atom is 0.223 e. The van der Waals surface area contributed by atoms with Crippen molar-refractivity contribution in [3.63, 3.8) is 0 Å². The third-order valence-corrected chi connectivity index (χ3v) is 6.58. The van der Waals surface area contributed by atoms with Gasteiger partial charge in [-0.3, -0.25) is 4.79 Å². The van der Waals surface area contributed by atoms with Gasteiger partial charge in [-0.05, 0) is 32.8 Å². The SMILES string of the molecule is CCS(=O)(=O)N1CCC(C(=O)NCC(C)(O)c2ccc(F)cc2F)CC1. The highest BCUT2D eigenvalue weighted by Crippen LogP contribution is 2.24. The number of rotatable bonds is 6. The molecule has 146 valence electrons. The number of carbonyl (C=O) groups excluding carboxylic acids is 1. The van der Waals surface area contributed by atoms with E-state index >= 15 is 0 Å². The molecule has 1 saturated heterocycles. The van der Waals surface area contributed by atoms with E-state index in [1.165, 1.54) is 11.2 Å². The molecule has 1 aromatic rings. The maximum atomic E-state index is 13.8. The average Bonchev–Trinajstić information content (AvgIpc) is 2.59. The van der Waals surface area contributed by atoms with E-state index in [2.05, 4.69) is 5.32 Å². The topological polar surface area (TPSA) is 86.7 Å². The lowest BCUT2D eigenvalue weighted by Gasteiger charge is -2.31. The van der Waals surface area contributed by atoms with Gasteiger partial charge in [0.15, 0.2) is 0 Å². The molecule has 0 aliphatic carbocycles. The Morgan fingerprint density at radius 3 is 2.50 bits per heavy atom. The van der Waals surface area contributed by atoms with Gasteiger partial charge >= 0.3 is 0 Å². The van der Waals surface area contributed by atoms with Crippen LogP contribution in [0.2, 0.25) is 0 Å². The fourth-order valence-electron chi connectivity index (χ4n) is 3.00. The number of piperidine rings is 1. The Balaban J connectivity index is 1.92. The lowest BCUT2D eigenvalue weighted by molar-refractivity contribution is -0.127. The van der Waals surface area contributed by atoms with Gasteiger partial charge < -0.3 is 10.4 Å². The first-order valence-corrected chi connectivity index (χ1v) is 10.1. The van der Waals surface area contributed by atoms with Crippen LogP contribution in [0.25, 0.3) is 0 Å². The van der Waals surface area contributed by atoms with E-state index in [9.17, 15) is 27.1 Å². The molecule has 2 N–H and O–H groups in total. The number of sulfonamides is 1. The Labute approximate surface area is 152 Å². The van der Waals surface area contributed by atoms with E-state index in [0.717, 1.165) is 12.1 Å². The van der Waals surface area contributed by atoms with Crippen molar-refractivity contribution in [2.75, 3.05) is 25.4 Å². The van der Waals surface area contributed by atoms with Crippen LogP contribution in [0.15, 0.2) is 18.2 Å². The summed E-state index contributed by atoms with van der Waals surface area (Å²) in [5.41, 5.74) is -1.80. The number of carbonyl (C=O) groups is 1. The molecule has 1 atom stereocenters. The summed E-state index contributed by atoms with van der Waals surface area (Å²) in [6.45, 7) is 3.22.